The first-order valence-corrected chi connectivity index (χ1v) is 9.40. The second-order valence-corrected chi connectivity index (χ2v) is 8.07. The van der Waals surface area contributed by atoms with Gasteiger partial charge in [0.1, 0.15) is 12.2 Å². The van der Waals surface area contributed by atoms with E-state index in [4.69, 9.17) is 9.47 Å². The second kappa shape index (κ2) is 7.09. The smallest absolute Gasteiger partial charge is 0.417 e. The summed E-state index contributed by atoms with van der Waals surface area (Å²) < 4.78 is 50.4. The number of carbonyl (C=O) groups is 3. The number of hydrogen-bond donors (Lipinski definition) is 0. The van der Waals surface area contributed by atoms with E-state index >= 15 is 0 Å². The molecule has 0 saturated carbocycles. The van der Waals surface area contributed by atoms with Gasteiger partial charge in [-0.25, -0.2) is 4.90 Å². The van der Waals surface area contributed by atoms with E-state index in [0.717, 1.165) is 17.0 Å². The van der Waals surface area contributed by atoms with Crippen molar-refractivity contribution in [2.45, 2.75) is 45.1 Å². The standard InChI is InChI=1S/C18H15BrF3NO5.CH4/c1-8(24)27-7-17-5-4-12(28-17)13-14(17)16(26)23(15(13)25)9-2-3-11(19)10(6-9)18(20,21)22;/h2-3,6,12-14H,4-5,7H2,1H3;1H4/t12?,13?,14-,17?;/m1./s1. The molecule has 2 amide bonds. The molecule has 2 bridgehead atoms. The van der Waals surface area contributed by atoms with E-state index in [0.29, 0.717) is 12.8 Å². The zero-order valence-corrected chi connectivity index (χ0v) is 16.2. The Labute approximate surface area is 173 Å². The van der Waals surface area contributed by atoms with Crippen LogP contribution >= 0.6 is 15.9 Å². The maximum atomic E-state index is 13.2. The molecule has 0 aromatic heterocycles. The van der Waals surface area contributed by atoms with E-state index < -0.39 is 53.1 Å². The number of amides is 2. The van der Waals surface area contributed by atoms with Gasteiger partial charge in [0.05, 0.1) is 29.2 Å². The molecule has 10 heteroatoms. The Morgan fingerprint density at radius 3 is 2.66 bits per heavy atom. The number of rotatable bonds is 3. The molecular formula is C19H19BrF3NO5. The van der Waals surface area contributed by atoms with Gasteiger partial charge in [-0.05, 0) is 31.0 Å². The summed E-state index contributed by atoms with van der Waals surface area (Å²) >= 11 is 2.85. The maximum absolute atomic E-state index is 13.2. The Morgan fingerprint density at radius 2 is 2.03 bits per heavy atom. The van der Waals surface area contributed by atoms with Gasteiger partial charge in [-0.3, -0.25) is 14.4 Å². The number of fused-ring (bicyclic) bond motifs is 5. The summed E-state index contributed by atoms with van der Waals surface area (Å²) in [5.74, 6) is -3.41. The van der Waals surface area contributed by atoms with Gasteiger partial charge in [0.2, 0.25) is 11.8 Å². The van der Waals surface area contributed by atoms with Crippen LogP contribution in [-0.2, 0) is 30.0 Å². The fraction of sp³-hybridized carbons (Fsp3) is 0.526. The van der Waals surface area contributed by atoms with Crippen molar-refractivity contribution >= 4 is 39.4 Å². The molecule has 3 unspecified atom stereocenters. The van der Waals surface area contributed by atoms with Gasteiger partial charge in [-0.2, -0.15) is 13.2 Å². The highest BCUT2D eigenvalue weighted by atomic mass is 79.9. The molecule has 158 valence electrons. The number of halogens is 4. The monoisotopic (exact) mass is 477 g/mol. The van der Waals surface area contributed by atoms with E-state index in [9.17, 15) is 27.6 Å². The highest BCUT2D eigenvalue weighted by Crippen LogP contribution is 2.56. The fourth-order valence-corrected chi connectivity index (χ4v) is 4.92. The predicted molar refractivity (Wildman–Crippen MR) is 98.8 cm³/mol. The molecule has 4 rings (SSSR count). The van der Waals surface area contributed by atoms with Gasteiger partial charge in [0.25, 0.3) is 0 Å². The maximum Gasteiger partial charge on any atom is 0.417 e. The van der Waals surface area contributed by atoms with E-state index in [-0.39, 0.29) is 24.2 Å². The number of alkyl halides is 3. The normalized spacial score (nSPS) is 30.4. The number of carbonyl (C=O) groups excluding carboxylic acids is 3. The van der Waals surface area contributed by atoms with Crippen molar-refractivity contribution in [2.24, 2.45) is 11.8 Å². The van der Waals surface area contributed by atoms with Crippen molar-refractivity contribution in [1.82, 2.24) is 0 Å². The van der Waals surface area contributed by atoms with Gasteiger partial charge >= 0.3 is 12.1 Å². The largest absolute Gasteiger partial charge is 0.463 e. The van der Waals surface area contributed by atoms with Gasteiger partial charge in [0, 0.05) is 11.4 Å². The van der Waals surface area contributed by atoms with Crippen LogP contribution in [0.2, 0.25) is 0 Å². The van der Waals surface area contributed by atoms with Crippen LogP contribution in [0.15, 0.2) is 22.7 Å². The van der Waals surface area contributed by atoms with E-state index in [1.54, 1.807) is 0 Å². The highest BCUT2D eigenvalue weighted by molar-refractivity contribution is 9.10. The van der Waals surface area contributed by atoms with Gasteiger partial charge in [-0.1, -0.05) is 23.4 Å². The summed E-state index contributed by atoms with van der Waals surface area (Å²) in [6.45, 7) is 1.06. The average Bonchev–Trinajstić information content (AvgIpc) is 3.24. The fourth-order valence-electron chi connectivity index (χ4n) is 4.45. The Hall–Kier alpha value is -1.94. The van der Waals surface area contributed by atoms with Crippen LogP contribution in [0.4, 0.5) is 18.9 Å². The molecule has 3 saturated heterocycles. The molecule has 1 aromatic rings. The van der Waals surface area contributed by atoms with Crippen molar-refractivity contribution in [3.05, 3.63) is 28.2 Å². The predicted octanol–water partition coefficient (Wildman–Crippen LogP) is 3.70. The highest BCUT2D eigenvalue weighted by Gasteiger charge is 2.70. The number of anilines is 1. The Morgan fingerprint density at radius 1 is 1.34 bits per heavy atom. The molecular weight excluding hydrogens is 459 g/mol. The first-order valence-electron chi connectivity index (χ1n) is 8.61. The summed E-state index contributed by atoms with van der Waals surface area (Å²) in [5.41, 5.74) is -2.22. The number of ether oxygens (including phenoxy) is 2. The van der Waals surface area contributed by atoms with Crippen molar-refractivity contribution in [2.75, 3.05) is 11.5 Å². The number of hydrogen-bond acceptors (Lipinski definition) is 5. The van der Waals surface area contributed by atoms with Crippen molar-refractivity contribution < 1.29 is 37.0 Å². The number of benzene rings is 1. The molecule has 1 aromatic carbocycles. The van der Waals surface area contributed by atoms with Crippen LogP contribution in [0.5, 0.6) is 0 Å². The molecule has 0 spiro atoms. The third-order valence-corrected chi connectivity index (χ3v) is 6.28. The van der Waals surface area contributed by atoms with Crippen LogP contribution in [0.25, 0.3) is 0 Å². The molecule has 0 radical (unpaired) electrons. The lowest BCUT2D eigenvalue weighted by Gasteiger charge is -2.30. The van der Waals surface area contributed by atoms with Crippen LogP contribution in [0.3, 0.4) is 0 Å². The first-order chi connectivity index (χ1) is 13.0. The molecule has 3 aliphatic heterocycles. The Kier molecular flexibility index (Phi) is 5.32. The molecule has 3 heterocycles. The van der Waals surface area contributed by atoms with Gasteiger partial charge in [-0.15, -0.1) is 0 Å². The molecule has 0 aliphatic carbocycles. The van der Waals surface area contributed by atoms with E-state index in [2.05, 4.69) is 15.9 Å². The molecule has 3 aliphatic rings. The minimum Gasteiger partial charge on any atom is -0.463 e. The Bertz CT molecular complexity index is 889. The number of imide groups is 1. The first kappa shape index (κ1) is 21.8. The van der Waals surface area contributed by atoms with Crippen molar-refractivity contribution in [3.8, 4) is 0 Å². The molecule has 6 nitrogen and oxygen atoms in total. The summed E-state index contributed by atoms with van der Waals surface area (Å²) in [5, 5.41) is 0. The van der Waals surface area contributed by atoms with Crippen LogP contribution in [0.1, 0.15) is 32.8 Å². The SMILES string of the molecule is C.CC(=O)OCC12CCC(O1)C1C(=O)N(c3ccc(Br)c(C(F)(F)F)c3)C(=O)[C@@H]12. The van der Waals surface area contributed by atoms with Gasteiger partial charge in [0.15, 0.2) is 0 Å². The van der Waals surface area contributed by atoms with Crippen molar-refractivity contribution in [1.29, 1.82) is 0 Å². The molecule has 4 atom stereocenters. The topological polar surface area (TPSA) is 72.9 Å². The van der Waals surface area contributed by atoms with Crippen LogP contribution < -0.4 is 4.90 Å². The zero-order chi connectivity index (χ0) is 20.4. The minimum absolute atomic E-state index is 0. The molecule has 29 heavy (non-hydrogen) atoms. The number of nitrogens with zero attached hydrogens (tertiary/aromatic N) is 1. The summed E-state index contributed by atoms with van der Waals surface area (Å²) in [6.07, 6.45) is -4.20. The second-order valence-electron chi connectivity index (χ2n) is 7.22. The molecule has 0 N–H and O–H groups in total. The quantitative estimate of drug-likeness (QED) is 0.490. The number of esters is 1. The third-order valence-electron chi connectivity index (χ3n) is 5.59. The lowest BCUT2D eigenvalue weighted by atomic mass is 9.73. The lowest BCUT2D eigenvalue weighted by molar-refractivity contribution is -0.153. The summed E-state index contributed by atoms with van der Waals surface area (Å²) in [7, 11) is 0. The average molecular weight is 478 g/mol. The summed E-state index contributed by atoms with van der Waals surface area (Å²) in [6, 6.07) is 3.23. The van der Waals surface area contributed by atoms with E-state index in [1.807, 2.05) is 0 Å². The van der Waals surface area contributed by atoms with Crippen molar-refractivity contribution in [3.63, 3.8) is 0 Å². The van der Waals surface area contributed by atoms with Crippen LogP contribution in [-0.4, -0.2) is 36.1 Å². The zero-order valence-electron chi connectivity index (χ0n) is 14.6. The summed E-state index contributed by atoms with van der Waals surface area (Å²) in [4.78, 5) is 38.0. The lowest BCUT2D eigenvalue weighted by Crippen LogP contribution is -2.45. The van der Waals surface area contributed by atoms with Crippen LogP contribution in [0, 0.1) is 11.8 Å². The Balaban J connectivity index is 0.00000240. The third kappa shape index (κ3) is 3.26. The minimum atomic E-state index is -4.64. The van der Waals surface area contributed by atoms with E-state index in [1.165, 1.54) is 13.0 Å². The molecule has 3 fully saturated rings. The van der Waals surface area contributed by atoms with Gasteiger partial charge < -0.3 is 9.47 Å².